The van der Waals surface area contributed by atoms with E-state index in [9.17, 15) is 9.18 Å². The summed E-state index contributed by atoms with van der Waals surface area (Å²) in [6, 6.07) is 17.3. The SMILES string of the molecule is CNC(=O)c1cccc(-c2cc3cc(-c4ccc(F)cc4)nn3cn2)c1. The number of hydrogen-bond donors (Lipinski definition) is 1. The highest BCUT2D eigenvalue weighted by Gasteiger charge is 2.09. The van der Waals surface area contributed by atoms with Crippen molar-refractivity contribution in [3.05, 3.63) is 78.4 Å². The zero-order valence-electron chi connectivity index (χ0n) is 14.0. The smallest absolute Gasteiger partial charge is 0.251 e. The molecule has 26 heavy (non-hydrogen) atoms. The van der Waals surface area contributed by atoms with Crippen molar-refractivity contribution in [2.75, 3.05) is 7.05 Å². The van der Waals surface area contributed by atoms with Crippen LogP contribution in [0.1, 0.15) is 10.4 Å². The van der Waals surface area contributed by atoms with Crippen molar-refractivity contribution in [2.45, 2.75) is 0 Å². The second-order valence-electron chi connectivity index (χ2n) is 5.84. The lowest BCUT2D eigenvalue weighted by atomic mass is 10.1. The van der Waals surface area contributed by atoms with Gasteiger partial charge in [0.05, 0.1) is 16.9 Å². The number of rotatable bonds is 3. The Kier molecular flexibility index (Phi) is 3.93. The third-order valence-electron chi connectivity index (χ3n) is 4.14. The molecule has 0 saturated heterocycles. The van der Waals surface area contributed by atoms with Crippen LogP contribution in [0.4, 0.5) is 4.39 Å². The van der Waals surface area contributed by atoms with Gasteiger partial charge in [-0.3, -0.25) is 4.79 Å². The summed E-state index contributed by atoms with van der Waals surface area (Å²) in [5.41, 5.74) is 4.60. The quantitative estimate of drug-likeness (QED) is 0.617. The van der Waals surface area contributed by atoms with Crippen LogP contribution in [0.3, 0.4) is 0 Å². The highest BCUT2D eigenvalue weighted by atomic mass is 19.1. The van der Waals surface area contributed by atoms with E-state index in [-0.39, 0.29) is 11.7 Å². The van der Waals surface area contributed by atoms with Gasteiger partial charge in [-0.2, -0.15) is 5.10 Å². The number of nitrogens with zero attached hydrogens (tertiary/aromatic N) is 3. The van der Waals surface area contributed by atoms with Crippen molar-refractivity contribution >= 4 is 11.4 Å². The van der Waals surface area contributed by atoms with E-state index in [1.807, 2.05) is 24.3 Å². The standard InChI is InChI=1S/C20H15FN4O/c1-22-20(26)15-4-2-3-14(9-15)18-10-17-11-19(24-25(17)12-23-18)13-5-7-16(21)8-6-13/h2-12H,1H3,(H,22,26). The molecule has 128 valence electrons. The van der Waals surface area contributed by atoms with Crippen LogP contribution >= 0.6 is 0 Å². The lowest BCUT2D eigenvalue weighted by molar-refractivity contribution is 0.0963. The number of nitrogens with one attached hydrogen (secondary N) is 1. The fourth-order valence-corrected chi connectivity index (χ4v) is 2.79. The van der Waals surface area contributed by atoms with E-state index >= 15 is 0 Å². The largest absolute Gasteiger partial charge is 0.355 e. The summed E-state index contributed by atoms with van der Waals surface area (Å²) < 4.78 is 14.8. The van der Waals surface area contributed by atoms with E-state index in [0.29, 0.717) is 5.56 Å². The Bertz CT molecular complexity index is 1100. The average molecular weight is 346 g/mol. The fourth-order valence-electron chi connectivity index (χ4n) is 2.79. The van der Waals surface area contributed by atoms with Crippen LogP contribution in [0.25, 0.3) is 28.0 Å². The predicted octanol–water partition coefficient (Wildman–Crippen LogP) is 3.56. The molecule has 0 saturated carbocycles. The van der Waals surface area contributed by atoms with Crippen molar-refractivity contribution in [1.29, 1.82) is 0 Å². The topological polar surface area (TPSA) is 59.3 Å². The van der Waals surface area contributed by atoms with Gasteiger partial charge in [0.25, 0.3) is 5.91 Å². The molecule has 0 radical (unpaired) electrons. The molecule has 0 spiro atoms. The van der Waals surface area contributed by atoms with Crippen molar-refractivity contribution in [3.63, 3.8) is 0 Å². The summed E-state index contributed by atoms with van der Waals surface area (Å²) in [6.07, 6.45) is 1.63. The minimum absolute atomic E-state index is 0.143. The molecule has 0 unspecified atom stereocenters. The van der Waals surface area contributed by atoms with E-state index in [0.717, 1.165) is 28.0 Å². The molecule has 0 bridgehead atoms. The Balaban J connectivity index is 1.74. The van der Waals surface area contributed by atoms with E-state index < -0.39 is 0 Å². The Morgan fingerprint density at radius 3 is 2.54 bits per heavy atom. The summed E-state index contributed by atoms with van der Waals surface area (Å²) in [5.74, 6) is -0.423. The van der Waals surface area contributed by atoms with E-state index in [4.69, 9.17) is 0 Å². The molecule has 0 aliphatic heterocycles. The van der Waals surface area contributed by atoms with Gasteiger partial charge >= 0.3 is 0 Å². The summed E-state index contributed by atoms with van der Waals surface area (Å²) in [6.45, 7) is 0. The first-order valence-electron chi connectivity index (χ1n) is 8.08. The van der Waals surface area contributed by atoms with Crippen LogP contribution in [0.2, 0.25) is 0 Å². The minimum atomic E-state index is -0.280. The lowest BCUT2D eigenvalue weighted by Crippen LogP contribution is -2.17. The van der Waals surface area contributed by atoms with Crippen LogP contribution in [0.5, 0.6) is 0 Å². The number of halogens is 1. The zero-order chi connectivity index (χ0) is 18.1. The number of amides is 1. The van der Waals surface area contributed by atoms with Gasteiger partial charge in [0, 0.05) is 23.7 Å². The van der Waals surface area contributed by atoms with Gasteiger partial charge in [-0.15, -0.1) is 0 Å². The number of hydrogen-bond acceptors (Lipinski definition) is 3. The number of aromatic nitrogens is 3. The van der Waals surface area contributed by atoms with Gasteiger partial charge in [-0.1, -0.05) is 12.1 Å². The van der Waals surface area contributed by atoms with Crippen LogP contribution in [0.15, 0.2) is 67.0 Å². The number of carbonyl (C=O) groups is 1. The summed E-state index contributed by atoms with van der Waals surface area (Å²) in [5, 5.41) is 7.09. The number of fused-ring (bicyclic) bond motifs is 1. The highest BCUT2D eigenvalue weighted by molar-refractivity contribution is 5.95. The van der Waals surface area contributed by atoms with Gasteiger partial charge < -0.3 is 5.32 Å². The number of carbonyl (C=O) groups excluding carboxylic acids is 1. The van der Waals surface area contributed by atoms with Crippen molar-refractivity contribution in [2.24, 2.45) is 0 Å². The Labute approximate surface area is 149 Å². The second-order valence-corrected chi connectivity index (χ2v) is 5.84. The maximum Gasteiger partial charge on any atom is 0.251 e. The molecule has 0 atom stereocenters. The molecule has 2 heterocycles. The van der Waals surface area contributed by atoms with E-state index in [1.165, 1.54) is 12.1 Å². The maximum absolute atomic E-state index is 13.1. The molecule has 0 fully saturated rings. The molecule has 1 N–H and O–H groups in total. The van der Waals surface area contributed by atoms with Gasteiger partial charge in [0.1, 0.15) is 12.1 Å². The Hall–Kier alpha value is -3.54. The van der Waals surface area contributed by atoms with Gasteiger partial charge in [0.15, 0.2) is 0 Å². The maximum atomic E-state index is 13.1. The lowest BCUT2D eigenvalue weighted by Gasteiger charge is -2.04. The first kappa shape index (κ1) is 16.0. The molecule has 5 nitrogen and oxygen atoms in total. The molecule has 4 aromatic rings. The number of benzene rings is 2. The van der Waals surface area contributed by atoms with Crippen LogP contribution in [-0.2, 0) is 0 Å². The average Bonchev–Trinajstić information content (AvgIpc) is 3.11. The molecule has 0 aliphatic carbocycles. The fraction of sp³-hybridized carbons (Fsp3) is 0.0500. The monoisotopic (exact) mass is 346 g/mol. The summed E-state index contributed by atoms with van der Waals surface area (Å²) in [4.78, 5) is 16.3. The van der Waals surface area contributed by atoms with Gasteiger partial charge in [-0.25, -0.2) is 13.9 Å². The Morgan fingerprint density at radius 2 is 1.77 bits per heavy atom. The van der Waals surface area contributed by atoms with E-state index in [2.05, 4.69) is 15.4 Å². The normalized spacial score (nSPS) is 10.8. The first-order chi connectivity index (χ1) is 12.6. The zero-order valence-corrected chi connectivity index (χ0v) is 14.0. The second kappa shape index (κ2) is 6.40. The third-order valence-corrected chi connectivity index (χ3v) is 4.14. The van der Waals surface area contributed by atoms with E-state index in [1.54, 1.807) is 42.2 Å². The van der Waals surface area contributed by atoms with Crippen LogP contribution < -0.4 is 5.32 Å². The van der Waals surface area contributed by atoms with Crippen LogP contribution in [-0.4, -0.2) is 27.6 Å². The van der Waals surface area contributed by atoms with Gasteiger partial charge in [0.2, 0.25) is 0 Å². The van der Waals surface area contributed by atoms with Gasteiger partial charge in [-0.05, 0) is 48.5 Å². The highest BCUT2D eigenvalue weighted by Crippen LogP contribution is 2.23. The molecule has 4 rings (SSSR count). The summed E-state index contributed by atoms with van der Waals surface area (Å²) >= 11 is 0. The molecular weight excluding hydrogens is 331 g/mol. The molecule has 0 aliphatic rings. The Morgan fingerprint density at radius 1 is 1.00 bits per heavy atom. The molecule has 1 amide bonds. The predicted molar refractivity (Wildman–Crippen MR) is 97.2 cm³/mol. The molecular formula is C20H15FN4O. The van der Waals surface area contributed by atoms with Crippen molar-refractivity contribution in [3.8, 4) is 22.5 Å². The van der Waals surface area contributed by atoms with Crippen LogP contribution in [0, 0.1) is 5.82 Å². The third kappa shape index (κ3) is 2.93. The molecule has 2 aromatic heterocycles. The van der Waals surface area contributed by atoms with Crippen molar-refractivity contribution < 1.29 is 9.18 Å². The summed E-state index contributed by atoms with van der Waals surface area (Å²) in [7, 11) is 1.60. The molecule has 6 heteroatoms. The van der Waals surface area contributed by atoms with Crippen molar-refractivity contribution in [1.82, 2.24) is 19.9 Å². The minimum Gasteiger partial charge on any atom is -0.355 e. The first-order valence-corrected chi connectivity index (χ1v) is 8.08. The molecule has 2 aromatic carbocycles.